The predicted molar refractivity (Wildman–Crippen MR) is 104 cm³/mol. The first-order chi connectivity index (χ1) is 13.5. The van der Waals surface area contributed by atoms with Crippen LogP contribution >= 0.6 is 0 Å². The molecule has 0 bridgehead atoms. The van der Waals surface area contributed by atoms with Crippen molar-refractivity contribution in [2.45, 2.75) is 38.8 Å². The van der Waals surface area contributed by atoms with Crippen LogP contribution in [0.15, 0.2) is 65.8 Å². The Morgan fingerprint density at radius 1 is 1.04 bits per heavy atom. The Morgan fingerprint density at radius 3 is 1.96 bits per heavy atom. The second-order valence-electron chi connectivity index (χ2n) is 6.85. The predicted octanol–water partition coefficient (Wildman–Crippen LogP) is 4.65. The van der Waals surface area contributed by atoms with Gasteiger partial charge in [-0.25, -0.2) is 4.79 Å². The topological polar surface area (TPSA) is 41.9 Å². The van der Waals surface area contributed by atoms with Crippen molar-refractivity contribution in [2.75, 3.05) is 6.61 Å². The summed E-state index contributed by atoms with van der Waals surface area (Å²) in [6, 6.07) is 19.1. The molecule has 0 N–H and O–H groups in total. The van der Waals surface area contributed by atoms with Crippen molar-refractivity contribution >= 4 is 11.7 Å². The molecule has 2 aromatic rings. The van der Waals surface area contributed by atoms with E-state index in [4.69, 9.17) is 0 Å². The third kappa shape index (κ3) is 5.15. The molecule has 0 aromatic heterocycles. The molecule has 6 heteroatoms. The maximum atomic E-state index is 14.8. The quantitative estimate of drug-likeness (QED) is 0.358. The number of hydrazone groups is 1. The lowest BCUT2D eigenvalue weighted by atomic mass is 10.1. The molecule has 1 aliphatic rings. The fourth-order valence-corrected chi connectivity index (χ4v) is 2.95. The van der Waals surface area contributed by atoms with Crippen LogP contribution in [0.5, 0.6) is 0 Å². The fourth-order valence-electron chi connectivity index (χ4n) is 2.95. The van der Waals surface area contributed by atoms with Gasteiger partial charge in [-0.2, -0.15) is 13.9 Å². The van der Waals surface area contributed by atoms with E-state index >= 15 is 0 Å². The molecule has 3 rings (SSSR count). The molecule has 0 amide bonds. The minimum Gasteiger partial charge on any atom is -0.461 e. The number of benzene rings is 2. The van der Waals surface area contributed by atoms with E-state index in [-0.39, 0.29) is 12.5 Å². The van der Waals surface area contributed by atoms with Crippen molar-refractivity contribution in [3.05, 3.63) is 71.8 Å². The highest BCUT2D eigenvalue weighted by atomic mass is 19.3. The third-order valence-electron chi connectivity index (χ3n) is 4.48. The van der Waals surface area contributed by atoms with E-state index in [0.717, 1.165) is 11.1 Å². The van der Waals surface area contributed by atoms with Crippen LogP contribution in [0.1, 0.15) is 30.9 Å². The number of carbonyl (C=O) groups is 1. The summed E-state index contributed by atoms with van der Waals surface area (Å²) < 4.78 is 34.1. The number of ether oxygens (including phenoxy) is 1. The summed E-state index contributed by atoms with van der Waals surface area (Å²) in [7, 11) is 0. The average Bonchev–Trinajstić information content (AvgIpc) is 3.52. The molecule has 2 aromatic carbocycles. The maximum Gasteiger partial charge on any atom is 0.383 e. The van der Waals surface area contributed by atoms with Gasteiger partial charge >= 0.3 is 11.9 Å². The van der Waals surface area contributed by atoms with Gasteiger partial charge in [0.1, 0.15) is 5.71 Å². The molecule has 0 spiro atoms. The van der Waals surface area contributed by atoms with E-state index in [9.17, 15) is 13.6 Å². The summed E-state index contributed by atoms with van der Waals surface area (Å²) in [6.07, 6.45) is 1.22. The van der Waals surface area contributed by atoms with E-state index in [0.29, 0.717) is 25.9 Å². The Morgan fingerprint density at radius 2 is 1.54 bits per heavy atom. The summed E-state index contributed by atoms with van der Waals surface area (Å²) in [5.41, 5.74) is 1.52. The van der Waals surface area contributed by atoms with Crippen LogP contribution in [0.25, 0.3) is 0 Å². The number of halogens is 2. The lowest BCUT2D eigenvalue weighted by Crippen LogP contribution is -2.42. The number of esters is 1. The Balaban J connectivity index is 1.91. The molecule has 1 saturated carbocycles. The molecule has 4 nitrogen and oxygen atoms in total. The number of carbonyl (C=O) groups excluding carboxylic acids is 1. The zero-order chi connectivity index (χ0) is 20.0. The largest absolute Gasteiger partial charge is 0.461 e. The highest BCUT2D eigenvalue weighted by Gasteiger charge is 2.52. The molecule has 0 radical (unpaired) electrons. The minimum absolute atomic E-state index is 0.0931. The monoisotopic (exact) mass is 386 g/mol. The Bertz CT molecular complexity index is 764. The van der Waals surface area contributed by atoms with Gasteiger partial charge in [-0.1, -0.05) is 60.7 Å². The molecule has 0 heterocycles. The fraction of sp³-hybridized carbons (Fsp3) is 0.364. The van der Waals surface area contributed by atoms with E-state index in [1.54, 1.807) is 5.01 Å². The normalized spacial score (nSPS) is 14.6. The number of alkyl halides is 2. The first kappa shape index (κ1) is 20.0. The SMILES string of the molecule is CCOC(=O)C(F)(F)/C(=N\N(Cc1ccccc1)Cc1ccccc1)C1CC1. The second-order valence-corrected chi connectivity index (χ2v) is 6.85. The van der Waals surface area contributed by atoms with Crippen molar-refractivity contribution in [3.63, 3.8) is 0 Å². The summed E-state index contributed by atoms with van der Waals surface area (Å²) in [5.74, 6) is -5.63. The zero-order valence-corrected chi connectivity index (χ0v) is 15.9. The number of rotatable bonds is 9. The Labute approximate surface area is 163 Å². The standard InChI is InChI=1S/C22H24F2N2O2/c1-2-28-21(27)22(23,24)20(19-13-14-19)25-26(15-17-9-5-3-6-10-17)16-18-11-7-4-8-12-18/h3-12,19H,2,13-16H2,1H3/b25-20-. The van der Waals surface area contributed by atoms with Crippen LogP contribution in [0.4, 0.5) is 8.78 Å². The smallest absolute Gasteiger partial charge is 0.383 e. The molecular formula is C22H24F2N2O2. The third-order valence-corrected chi connectivity index (χ3v) is 4.48. The summed E-state index contributed by atoms with van der Waals surface area (Å²) in [6.45, 7) is 2.15. The van der Waals surface area contributed by atoms with E-state index in [2.05, 4.69) is 9.84 Å². The van der Waals surface area contributed by atoms with Crippen LogP contribution < -0.4 is 0 Å². The van der Waals surface area contributed by atoms with E-state index in [1.807, 2.05) is 60.7 Å². The van der Waals surface area contributed by atoms with Gasteiger partial charge in [-0.05, 0) is 30.9 Å². The van der Waals surface area contributed by atoms with E-state index < -0.39 is 17.6 Å². The van der Waals surface area contributed by atoms with Gasteiger partial charge in [0.05, 0.1) is 19.7 Å². The number of nitrogens with zero attached hydrogens (tertiary/aromatic N) is 2. The number of hydrogen-bond donors (Lipinski definition) is 0. The van der Waals surface area contributed by atoms with Crippen molar-refractivity contribution in [1.29, 1.82) is 0 Å². The summed E-state index contributed by atoms with van der Waals surface area (Å²) >= 11 is 0. The van der Waals surface area contributed by atoms with Crippen molar-refractivity contribution in [3.8, 4) is 0 Å². The van der Waals surface area contributed by atoms with Crippen LogP contribution in [0.3, 0.4) is 0 Å². The van der Waals surface area contributed by atoms with Crippen LogP contribution in [-0.4, -0.2) is 29.2 Å². The Kier molecular flexibility index (Phi) is 6.39. The molecule has 0 saturated heterocycles. The molecule has 1 fully saturated rings. The van der Waals surface area contributed by atoms with Crippen LogP contribution in [-0.2, 0) is 22.6 Å². The molecule has 0 atom stereocenters. The Hall–Kier alpha value is -2.76. The molecular weight excluding hydrogens is 362 g/mol. The summed E-state index contributed by atoms with van der Waals surface area (Å²) in [5, 5.41) is 5.91. The van der Waals surface area contributed by atoms with Gasteiger partial charge in [-0.3, -0.25) is 5.01 Å². The van der Waals surface area contributed by atoms with Crippen molar-refractivity contribution < 1.29 is 18.3 Å². The van der Waals surface area contributed by atoms with Gasteiger partial charge < -0.3 is 4.74 Å². The van der Waals surface area contributed by atoms with Crippen LogP contribution in [0, 0.1) is 5.92 Å². The molecule has 0 unspecified atom stereocenters. The van der Waals surface area contributed by atoms with Gasteiger partial charge in [0.2, 0.25) is 0 Å². The summed E-state index contributed by atoms with van der Waals surface area (Å²) in [4.78, 5) is 11.9. The van der Waals surface area contributed by atoms with Gasteiger partial charge in [0.15, 0.2) is 0 Å². The van der Waals surface area contributed by atoms with Crippen molar-refractivity contribution in [1.82, 2.24) is 5.01 Å². The zero-order valence-electron chi connectivity index (χ0n) is 15.9. The number of hydrogen-bond acceptors (Lipinski definition) is 4. The van der Waals surface area contributed by atoms with Crippen molar-refractivity contribution in [2.24, 2.45) is 11.0 Å². The first-order valence-electron chi connectivity index (χ1n) is 9.47. The molecule has 28 heavy (non-hydrogen) atoms. The highest BCUT2D eigenvalue weighted by Crippen LogP contribution is 2.38. The molecule has 0 aliphatic heterocycles. The highest BCUT2D eigenvalue weighted by molar-refractivity contribution is 6.10. The lowest BCUT2D eigenvalue weighted by Gasteiger charge is -2.24. The van der Waals surface area contributed by atoms with Gasteiger partial charge in [-0.15, -0.1) is 0 Å². The van der Waals surface area contributed by atoms with Gasteiger partial charge in [0.25, 0.3) is 0 Å². The second kappa shape index (κ2) is 8.95. The van der Waals surface area contributed by atoms with Crippen LogP contribution in [0.2, 0.25) is 0 Å². The van der Waals surface area contributed by atoms with E-state index in [1.165, 1.54) is 6.92 Å². The average molecular weight is 386 g/mol. The minimum atomic E-state index is -3.72. The molecule has 1 aliphatic carbocycles. The first-order valence-corrected chi connectivity index (χ1v) is 9.47. The molecule has 148 valence electrons. The lowest BCUT2D eigenvalue weighted by molar-refractivity contribution is -0.162. The van der Waals surface area contributed by atoms with Gasteiger partial charge in [0, 0.05) is 5.92 Å². The maximum absolute atomic E-state index is 14.8.